The van der Waals surface area contributed by atoms with E-state index in [1.165, 1.54) is 7.11 Å². The van der Waals surface area contributed by atoms with Crippen molar-refractivity contribution in [2.24, 2.45) is 11.7 Å². The van der Waals surface area contributed by atoms with E-state index in [4.69, 9.17) is 5.73 Å². The van der Waals surface area contributed by atoms with Gasteiger partial charge in [-0.3, -0.25) is 4.79 Å². The number of esters is 1. The van der Waals surface area contributed by atoms with Crippen LogP contribution in [-0.2, 0) is 9.53 Å². The standard InChI is InChI=1S/C7H15NO2.ClH/c1-4-5(2)6(8)7(9)10-3;/h5-6H,4,8H2,1-3H3;1H/t5-,6+;/m1./s1. The van der Waals surface area contributed by atoms with Crippen LogP contribution in [0.25, 0.3) is 0 Å². The monoisotopic (exact) mass is 181 g/mol. The third-order valence-electron chi connectivity index (χ3n) is 1.73. The fourth-order valence-electron chi connectivity index (χ4n) is 0.622. The van der Waals surface area contributed by atoms with Crippen LogP contribution in [0.2, 0.25) is 0 Å². The maximum atomic E-state index is 10.8. The lowest BCUT2D eigenvalue weighted by molar-refractivity contribution is -0.143. The van der Waals surface area contributed by atoms with Crippen molar-refractivity contribution in [2.75, 3.05) is 7.11 Å². The van der Waals surface area contributed by atoms with Gasteiger partial charge in [0.25, 0.3) is 0 Å². The average molecular weight is 182 g/mol. The zero-order chi connectivity index (χ0) is 8.15. The second-order valence-electron chi connectivity index (χ2n) is 2.43. The highest BCUT2D eigenvalue weighted by Crippen LogP contribution is 2.05. The van der Waals surface area contributed by atoms with Crippen molar-refractivity contribution in [1.29, 1.82) is 0 Å². The zero-order valence-electron chi connectivity index (χ0n) is 7.16. The van der Waals surface area contributed by atoms with Crippen LogP contribution in [0, 0.1) is 5.92 Å². The summed E-state index contributed by atoms with van der Waals surface area (Å²) in [5.74, 6) is -0.123. The smallest absolute Gasteiger partial charge is 0.322 e. The summed E-state index contributed by atoms with van der Waals surface area (Å²) in [4.78, 5) is 10.8. The minimum absolute atomic E-state index is 0. The third kappa shape index (κ3) is 4.22. The number of carbonyl (C=O) groups is 1. The van der Waals surface area contributed by atoms with Crippen LogP contribution in [0.15, 0.2) is 0 Å². The number of hydrogen-bond acceptors (Lipinski definition) is 3. The molecule has 0 aliphatic carbocycles. The molecule has 4 heteroatoms. The first kappa shape index (κ1) is 13.3. The molecule has 0 heterocycles. The van der Waals surface area contributed by atoms with Crippen molar-refractivity contribution in [3.63, 3.8) is 0 Å². The Morgan fingerprint density at radius 1 is 1.64 bits per heavy atom. The van der Waals surface area contributed by atoms with Gasteiger partial charge in [-0.2, -0.15) is 0 Å². The molecule has 0 radical (unpaired) electrons. The summed E-state index contributed by atoms with van der Waals surface area (Å²) in [6.07, 6.45) is 0.899. The molecule has 0 aliphatic rings. The first-order valence-electron chi connectivity index (χ1n) is 3.46. The van der Waals surface area contributed by atoms with Gasteiger partial charge in [0.15, 0.2) is 0 Å². The summed E-state index contributed by atoms with van der Waals surface area (Å²) in [6.45, 7) is 3.93. The van der Waals surface area contributed by atoms with Crippen LogP contribution >= 0.6 is 12.4 Å². The van der Waals surface area contributed by atoms with Gasteiger partial charge in [0, 0.05) is 0 Å². The summed E-state index contributed by atoms with van der Waals surface area (Å²) in [7, 11) is 1.35. The van der Waals surface area contributed by atoms with Gasteiger partial charge in [0.05, 0.1) is 7.11 Å². The highest BCUT2D eigenvalue weighted by molar-refractivity contribution is 5.85. The molecule has 0 fully saturated rings. The van der Waals surface area contributed by atoms with Crippen molar-refractivity contribution < 1.29 is 9.53 Å². The summed E-state index contributed by atoms with van der Waals surface area (Å²) >= 11 is 0. The van der Waals surface area contributed by atoms with E-state index in [2.05, 4.69) is 4.74 Å². The van der Waals surface area contributed by atoms with Crippen molar-refractivity contribution in [3.8, 4) is 0 Å². The highest BCUT2D eigenvalue weighted by Gasteiger charge is 2.19. The van der Waals surface area contributed by atoms with Gasteiger partial charge < -0.3 is 10.5 Å². The lowest BCUT2D eigenvalue weighted by Gasteiger charge is -2.14. The van der Waals surface area contributed by atoms with Gasteiger partial charge in [-0.25, -0.2) is 0 Å². The van der Waals surface area contributed by atoms with Crippen LogP contribution in [0.1, 0.15) is 20.3 Å². The SMILES string of the molecule is CC[C@@H](C)[C@H](N)C(=O)OC.Cl. The summed E-state index contributed by atoms with van der Waals surface area (Å²) in [6, 6.07) is -0.463. The largest absolute Gasteiger partial charge is 0.468 e. The molecule has 0 rings (SSSR count). The topological polar surface area (TPSA) is 52.3 Å². The van der Waals surface area contributed by atoms with Gasteiger partial charge in [-0.15, -0.1) is 12.4 Å². The van der Waals surface area contributed by atoms with E-state index in [0.717, 1.165) is 6.42 Å². The van der Waals surface area contributed by atoms with Crippen LogP contribution in [0.4, 0.5) is 0 Å². The molecule has 0 aromatic carbocycles. The van der Waals surface area contributed by atoms with Gasteiger partial charge in [-0.1, -0.05) is 20.3 Å². The minimum atomic E-state index is -0.463. The fraction of sp³-hybridized carbons (Fsp3) is 0.857. The Balaban J connectivity index is 0. The predicted octanol–water partition coefficient (Wildman–Crippen LogP) is 0.955. The maximum absolute atomic E-state index is 10.8. The number of ether oxygens (including phenoxy) is 1. The first-order chi connectivity index (χ1) is 4.63. The molecule has 0 saturated carbocycles. The Morgan fingerprint density at radius 3 is 2.36 bits per heavy atom. The molecule has 0 amide bonds. The summed E-state index contributed by atoms with van der Waals surface area (Å²) in [5, 5.41) is 0. The average Bonchev–Trinajstić information content (AvgIpc) is 2.00. The Bertz CT molecular complexity index is 119. The molecule has 68 valence electrons. The second-order valence-corrected chi connectivity index (χ2v) is 2.43. The van der Waals surface area contributed by atoms with Crippen molar-refractivity contribution >= 4 is 18.4 Å². The van der Waals surface area contributed by atoms with Crippen LogP contribution < -0.4 is 5.73 Å². The molecule has 0 saturated heterocycles. The number of rotatable bonds is 3. The number of nitrogens with two attached hydrogens (primary N) is 1. The molecule has 0 spiro atoms. The van der Waals surface area contributed by atoms with Crippen LogP contribution in [0.3, 0.4) is 0 Å². The van der Waals surface area contributed by atoms with Crippen LogP contribution in [-0.4, -0.2) is 19.1 Å². The molecule has 0 aromatic rings. The number of carbonyl (C=O) groups excluding carboxylic acids is 1. The quantitative estimate of drug-likeness (QED) is 0.660. The second kappa shape index (κ2) is 6.43. The summed E-state index contributed by atoms with van der Waals surface area (Å²) < 4.78 is 4.47. The fourth-order valence-corrected chi connectivity index (χ4v) is 0.622. The van der Waals surface area contributed by atoms with Gasteiger partial charge in [-0.05, 0) is 5.92 Å². The Labute approximate surface area is 73.7 Å². The lowest BCUT2D eigenvalue weighted by Crippen LogP contribution is -2.37. The Morgan fingerprint density at radius 2 is 2.09 bits per heavy atom. The van der Waals surface area contributed by atoms with E-state index >= 15 is 0 Å². The molecule has 0 bridgehead atoms. The van der Waals surface area contributed by atoms with E-state index in [1.807, 2.05) is 13.8 Å². The highest BCUT2D eigenvalue weighted by atomic mass is 35.5. The first-order valence-corrected chi connectivity index (χ1v) is 3.46. The van der Waals surface area contributed by atoms with E-state index < -0.39 is 6.04 Å². The van der Waals surface area contributed by atoms with Gasteiger partial charge in [0.1, 0.15) is 6.04 Å². The molecule has 2 N–H and O–H groups in total. The number of halogens is 1. The molecule has 2 atom stereocenters. The minimum Gasteiger partial charge on any atom is -0.468 e. The third-order valence-corrected chi connectivity index (χ3v) is 1.73. The van der Waals surface area contributed by atoms with Gasteiger partial charge in [0.2, 0.25) is 0 Å². The maximum Gasteiger partial charge on any atom is 0.322 e. The van der Waals surface area contributed by atoms with Crippen LogP contribution in [0.5, 0.6) is 0 Å². The van der Waals surface area contributed by atoms with Crippen molar-refractivity contribution in [2.45, 2.75) is 26.3 Å². The molecule has 0 unspecified atom stereocenters. The molecular weight excluding hydrogens is 166 g/mol. The van der Waals surface area contributed by atoms with Crippen molar-refractivity contribution in [1.82, 2.24) is 0 Å². The molecular formula is C7H16ClNO2. The number of methoxy groups -OCH3 is 1. The van der Waals surface area contributed by atoms with E-state index in [1.54, 1.807) is 0 Å². The van der Waals surface area contributed by atoms with E-state index in [-0.39, 0.29) is 24.3 Å². The van der Waals surface area contributed by atoms with E-state index in [0.29, 0.717) is 0 Å². The Kier molecular flexibility index (Phi) is 7.79. The summed E-state index contributed by atoms with van der Waals surface area (Å²) in [5.41, 5.74) is 5.51. The number of hydrogen-bond donors (Lipinski definition) is 1. The lowest BCUT2D eigenvalue weighted by atomic mass is 10.0. The van der Waals surface area contributed by atoms with Crippen molar-refractivity contribution in [3.05, 3.63) is 0 Å². The Hall–Kier alpha value is -0.280. The normalized spacial score (nSPS) is 14.5. The zero-order valence-corrected chi connectivity index (χ0v) is 7.98. The molecule has 0 aromatic heterocycles. The predicted molar refractivity (Wildman–Crippen MR) is 46.7 cm³/mol. The molecule has 0 aliphatic heterocycles. The van der Waals surface area contributed by atoms with E-state index in [9.17, 15) is 4.79 Å². The molecule has 3 nitrogen and oxygen atoms in total. The molecule has 11 heavy (non-hydrogen) atoms. The van der Waals surface area contributed by atoms with Gasteiger partial charge >= 0.3 is 5.97 Å².